The summed E-state index contributed by atoms with van der Waals surface area (Å²) in [6, 6.07) is 5.64. The van der Waals surface area contributed by atoms with E-state index in [9.17, 15) is 19.2 Å². The van der Waals surface area contributed by atoms with Gasteiger partial charge in [0, 0.05) is 62.1 Å². The van der Waals surface area contributed by atoms with Crippen molar-refractivity contribution in [1.82, 2.24) is 9.47 Å². The molecule has 290 valence electrons. The van der Waals surface area contributed by atoms with Crippen LogP contribution in [0.5, 0.6) is 0 Å². The SMILES string of the molecule is CC(=O)O[C@@H]1CC[C@]2(C)[C@H](CC[C@]3(C)[C@@H]2C(=O)C=C2[C@@H]4C[C@](C)(C(=O)OCCN5C[C@H]6C[C@@H](C5)c5cccc(=O)n5C6)CC[C@@]4(C)CC[C@@]23C)C1(C)C. The highest BCUT2D eigenvalue weighted by atomic mass is 16.5. The van der Waals surface area contributed by atoms with E-state index in [0.717, 1.165) is 89.5 Å². The predicted octanol–water partition coefficient (Wildman–Crippen LogP) is 7.72. The fraction of sp³-hybridized carbons (Fsp3) is 0.778. The van der Waals surface area contributed by atoms with Gasteiger partial charge in [-0.3, -0.25) is 24.1 Å². The number of hydrogen-bond acceptors (Lipinski definition) is 7. The van der Waals surface area contributed by atoms with E-state index < -0.39 is 5.41 Å². The van der Waals surface area contributed by atoms with Crippen molar-refractivity contribution in [3.8, 4) is 0 Å². The first-order chi connectivity index (χ1) is 24.8. The van der Waals surface area contributed by atoms with E-state index in [-0.39, 0.29) is 68.3 Å². The zero-order valence-electron chi connectivity index (χ0n) is 33.7. The molecular formula is C45H64N2O6. The largest absolute Gasteiger partial charge is 0.464 e. The number of carbonyl (C=O) groups is 3. The van der Waals surface area contributed by atoms with Gasteiger partial charge in [0.15, 0.2) is 5.78 Å². The van der Waals surface area contributed by atoms with Gasteiger partial charge in [-0.05, 0) is 123 Å². The van der Waals surface area contributed by atoms with Crippen molar-refractivity contribution >= 4 is 17.7 Å². The normalized spacial score (nSPS) is 44.2. The maximum absolute atomic E-state index is 14.8. The number of esters is 2. The number of rotatable bonds is 5. The lowest BCUT2D eigenvalue weighted by Gasteiger charge is -2.70. The summed E-state index contributed by atoms with van der Waals surface area (Å²) in [4.78, 5) is 55.9. The van der Waals surface area contributed by atoms with Gasteiger partial charge in [0.05, 0.1) is 5.41 Å². The van der Waals surface area contributed by atoms with E-state index in [1.807, 2.05) is 10.6 Å². The van der Waals surface area contributed by atoms with E-state index >= 15 is 0 Å². The number of allylic oxidation sites excluding steroid dienone is 2. The van der Waals surface area contributed by atoms with Gasteiger partial charge in [-0.1, -0.05) is 53.2 Å². The predicted molar refractivity (Wildman–Crippen MR) is 204 cm³/mol. The van der Waals surface area contributed by atoms with Crippen molar-refractivity contribution in [2.45, 2.75) is 138 Å². The van der Waals surface area contributed by atoms with Gasteiger partial charge >= 0.3 is 11.9 Å². The molecule has 0 spiro atoms. The topological polar surface area (TPSA) is 94.9 Å². The molecule has 7 aliphatic rings. The number of carbonyl (C=O) groups excluding carboxylic acids is 3. The maximum Gasteiger partial charge on any atom is 0.311 e. The van der Waals surface area contributed by atoms with E-state index in [2.05, 4.69) is 65.5 Å². The molecule has 2 aliphatic heterocycles. The molecule has 53 heavy (non-hydrogen) atoms. The molecule has 2 bridgehead atoms. The highest BCUT2D eigenvalue weighted by molar-refractivity contribution is 5.95. The van der Waals surface area contributed by atoms with Crippen molar-refractivity contribution in [3.63, 3.8) is 0 Å². The number of nitrogens with zero attached hydrogens (tertiary/aromatic N) is 2. The highest BCUT2D eigenvalue weighted by Crippen LogP contribution is 2.75. The van der Waals surface area contributed by atoms with Crippen LogP contribution in [0.25, 0.3) is 0 Å². The van der Waals surface area contributed by atoms with E-state index in [0.29, 0.717) is 30.9 Å². The van der Waals surface area contributed by atoms with Gasteiger partial charge in [0.2, 0.25) is 0 Å². The van der Waals surface area contributed by atoms with Gasteiger partial charge in [0.25, 0.3) is 5.56 Å². The van der Waals surface area contributed by atoms with Crippen molar-refractivity contribution < 1.29 is 23.9 Å². The third-order valence-corrected chi connectivity index (χ3v) is 17.5. The van der Waals surface area contributed by atoms with Gasteiger partial charge < -0.3 is 14.0 Å². The second kappa shape index (κ2) is 12.4. The Bertz CT molecular complexity index is 1800. The van der Waals surface area contributed by atoms with Gasteiger partial charge in [-0.15, -0.1) is 0 Å². The van der Waals surface area contributed by atoms with Crippen molar-refractivity contribution in [2.75, 3.05) is 26.2 Å². The third kappa shape index (κ3) is 5.51. The number of ketones is 1. The number of likely N-dealkylation sites (tertiary alicyclic amines) is 1. The molecule has 8 heteroatoms. The Labute approximate surface area is 316 Å². The second-order valence-electron chi connectivity index (χ2n) is 20.8. The molecule has 1 aromatic heterocycles. The number of fused-ring (bicyclic) bond motifs is 11. The van der Waals surface area contributed by atoms with Crippen LogP contribution in [0, 0.1) is 56.2 Å². The molecule has 4 saturated carbocycles. The Kier molecular flexibility index (Phi) is 8.69. The van der Waals surface area contributed by atoms with Crippen LogP contribution in [0.15, 0.2) is 34.6 Å². The standard InChI is InChI=1S/C45H64N2O6/c1-28(48)53-36-13-14-43(6)35(40(36,2)3)12-15-45(8)38(43)34(49)23-31-32-24-42(5,17-16-41(32,4)18-19-44(31,45)7)39(51)52-21-20-46-25-29-22-30(27-46)33-10-9-11-37(50)47(33)26-29/h9-11,23,29-30,32,35-36,38H,12-22,24-27H2,1-8H3/t29-,30+,32+,35-,36-,38-,41+,42-,43-,44+,45-/m1/s1. The van der Waals surface area contributed by atoms with Crippen LogP contribution >= 0.6 is 0 Å². The molecule has 0 N–H and O–H groups in total. The van der Waals surface area contributed by atoms with E-state index in [1.54, 1.807) is 6.07 Å². The maximum atomic E-state index is 14.8. The van der Waals surface area contributed by atoms with Crippen molar-refractivity contribution in [2.24, 2.45) is 56.2 Å². The number of piperidine rings is 1. The number of ether oxygens (including phenoxy) is 2. The average molecular weight is 729 g/mol. The zero-order valence-corrected chi connectivity index (χ0v) is 33.7. The molecule has 0 amide bonds. The first-order valence-corrected chi connectivity index (χ1v) is 20.9. The molecule has 0 radical (unpaired) electrons. The Balaban J connectivity index is 0.990. The summed E-state index contributed by atoms with van der Waals surface area (Å²) in [7, 11) is 0. The quantitative estimate of drug-likeness (QED) is 0.287. The molecule has 8 nitrogen and oxygen atoms in total. The van der Waals surface area contributed by atoms with Crippen LogP contribution in [-0.2, 0) is 30.4 Å². The summed E-state index contributed by atoms with van der Waals surface area (Å²) in [5, 5.41) is 0. The summed E-state index contributed by atoms with van der Waals surface area (Å²) >= 11 is 0. The third-order valence-electron chi connectivity index (χ3n) is 17.5. The van der Waals surface area contributed by atoms with Gasteiger partial charge in [-0.25, -0.2) is 0 Å². The van der Waals surface area contributed by atoms with Crippen LogP contribution in [0.2, 0.25) is 0 Å². The number of pyridine rings is 1. The molecule has 8 rings (SSSR count). The summed E-state index contributed by atoms with van der Waals surface area (Å²) in [6.45, 7) is 21.5. The van der Waals surface area contributed by atoms with Crippen LogP contribution in [0.4, 0.5) is 0 Å². The Hall–Kier alpha value is -2.74. The number of aromatic nitrogens is 1. The Morgan fingerprint density at radius 2 is 1.64 bits per heavy atom. The summed E-state index contributed by atoms with van der Waals surface area (Å²) in [5.41, 5.74) is 1.33. The smallest absolute Gasteiger partial charge is 0.311 e. The van der Waals surface area contributed by atoms with Crippen molar-refractivity contribution in [3.05, 3.63) is 45.9 Å². The monoisotopic (exact) mass is 728 g/mol. The first kappa shape index (κ1) is 37.2. The molecule has 1 saturated heterocycles. The lowest BCUT2D eigenvalue weighted by molar-refractivity contribution is -0.210. The summed E-state index contributed by atoms with van der Waals surface area (Å²) in [5.74, 6) is 1.15. The van der Waals surface area contributed by atoms with Crippen molar-refractivity contribution in [1.29, 1.82) is 0 Å². The minimum atomic E-state index is -0.592. The summed E-state index contributed by atoms with van der Waals surface area (Å²) in [6.07, 6.45) is 11.5. The molecule has 5 fully saturated rings. The molecule has 5 aliphatic carbocycles. The Morgan fingerprint density at radius 1 is 0.887 bits per heavy atom. The van der Waals surface area contributed by atoms with Crippen LogP contribution in [-0.4, -0.2) is 59.5 Å². The number of hydrogen-bond donors (Lipinski definition) is 0. The Morgan fingerprint density at radius 3 is 2.40 bits per heavy atom. The lowest BCUT2D eigenvalue weighted by Crippen LogP contribution is -2.66. The molecule has 0 unspecified atom stereocenters. The minimum absolute atomic E-state index is 0.0592. The molecule has 1 aromatic rings. The summed E-state index contributed by atoms with van der Waals surface area (Å²) < 4.78 is 14.0. The second-order valence-corrected chi connectivity index (χ2v) is 20.8. The fourth-order valence-electron chi connectivity index (χ4n) is 14.4. The molecule has 3 heterocycles. The van der Waals surface area contributed by atoms with Crippen LogP contribution < -0.4 is 5.56 Å². The fourth-order valence-corrected chi connectivity index (χ4v) is 14.4. The van der Waals surface area contributed by atoms with E-state index in [4.69, 9.17) is 9.47 Å². The highest BCUT2D eigenvalue weighted by Gasteiger charge is 2.70. The first-order valence-electron chi connectivity index (χ1n) is 20.9. The average Bonchev–Trinajstić information content (AvgIpc) is 3.08. The minimum Gasteiger partial charge on any atom is -0.464 e. The molecule has 0 aromatic carbocycles. The van der Waals surface area contributed by atoms with E-state index in [1.165, 1.54) is 12.5 Å². The van der Waals surface area contributed by atoms with Gasteiger partial charge in [0.1, 0.15) is 12.7 Å². The van der Waals surface area contributed by atoms with Crippen LogP contribution in [0.3, 0.4) is 0 Å². The lowest BCUT2D eigenvalue weighted by atomic mass is 9.33. The zero-order chi connectivity index (χ0) is 37.9. The molecule has 11 atom stereocenters. The van der Waals surface area contributed by atoms with Crippen LogP contribution in [0.1, 0.15) is 131 Å². The molecular weight excluding hydrogens is 665 g/mol. The van der Waals surface area contributed by atoms with Gasteiger partial charge in [-0.2, -0.15) is 0 Å².